The number of piperidine rings is 2. The minimum atomic E-state index is -0.162. The van der Waals surface area contributed by atoms with Crippen LogP contribution in [0, 0.1) is 0 Å². The summed E-state index contributed by atoms with van der Waals surface area (Å²) in [6.45, 7) is 3.47. The molecule has 0 aliphatic carbocycles. The molecule has 1 unspecified atom stereocenters. The van der Waals surface area contributed by atoms with Gasteiger partial charge >= 0.3 is 0 Å². The Morgan fingerprint density at radius 3 is 2.67 bits per heavy atom. The second kappa shape index (κ2) is 6.65. The van der Waals surface area contributed by atoms with E-state index in [0.717, 1.165) is 31.7 Å². The highest BCUT2D eigenvalue weighted by atomic mass is 16.5. The van der Waals surface area contributed by atoms with Crippen LogP contribution >= 0.6 is 0 Å². The molecule has 5 heteroatoms. The third kappa shape index (κ3) is 2.98. The average molecular weight is 327 g/mol. The van der Waals surface area contributed by atoms with E-state index >= 15 is 0 Å². The monoisotopic (exact) mass is 327 g/mol. The fraction of sp³-hybridized carbons (Fsp3) is 0.579. The largest absolute Gasteiger partial charge is 0.373 e. The van der Waals surface area contributed by atoms with E-state index in [2.05, 4.69) is 22.2 Å². The summed E-state index contributed by atoms with van der Waals surface area (Å²) >= 11 is 0. The van der Waals surface area contributed by atoms with Crippen molar-refractivity contribution in [3.8, 4) is 0 Å². The fourth-order valence-corrected chi connectivity index (χ4v) is 4.23. The molecule has 0 amide bonds. The van der Waals surface area contributed by atoms with Crippen molar-refractivity contribution in [1.82, 2.24) is 15.0 Å². The molecule has 0 N–H and O–H groups in total. The van der Waals surface area contributed by atoms with Gasteiger partial charge in [-0.1, -0.05) is 35.5 Å². The van der Waals surface area contributed by atoms with Crippen molar-refractivity contribution < 1.29 is 9.26 Å². The number of ether oxygens (including phenoxy) is 1. The second-order valence-corrected chi connectivity index (χ2v) is 7.14. The normalized spacial score (nSPS) is 27.8. The summed E-state index contributed by atoms with van der Waals surface area (Å²) in [5.74, 6) is 1.49. The second-order valence-electron chi connectivity index (χ2n) is 7.14. The summed E-state index contributed by atoms with van der Waals surface area (Å²) in [4.78, 5) is 7.32. The van der Waals surface area contributed by atoms with E-state index in [1.165, 1.54) is 31.5 Å². The van der Waals surface area contributed by atoms with E-state index in [4.69, 9.17) is 14.2 Å². The molecule has 1 atom stereocenters. The summed E-state index contributed by atoms with van der Waals surface area (Å²) in [5, 5.41) is 4.27. The van der Waals surface area contributed by atoms with Crippen LogP contribution in [0.25, 0.3) is 0 Å². The molecule has 2 aromatic rings. The van der Waals surface area contributed by atoms with Crippen LogP contribution in [0.5, 0.6) is 0 Å². The Morgan fingerprint density at radius 2 is 1.96 bits per heavy atom. The molecule has 0 radical (unpaired) electrons. The first kappa shape index (κ1) is 15.8. The molecule has 2 aliphatic heterocycles. The summed E-state index contributed by atoms with van der Waals surface area (Å²) < 4.78 is 11.4. The Kier molecular flexibility index (Phi) is 4.37. The molecule has 1 aromatic carbocycles. The molecule has 0 saturated carbocycles. The fourth-order valence-electron chi connectivity index (χ4n) is 4.23. The highest BCUT2D eigenvalue weighted by Crippen LogP contribution is 2.40. The summed E-state index contributed by atoms with van der Waals surface area (Å²) in [7, 11) is 1.71. The molecular formula is C19H25N3O2. The molecule has 5 nitrogen and oxygen atoms in total. The lowest BCUT2D eigenvalue weighted by Gasteiger charge is -2.44. The number of fused-ring (bicyclic) bond motifs is 2. The zero-order chi connectivity index (χ0) is 16.4. The first-order valence-electron chi connectivity index (χ1n) is 8.92. The number of benzene rings is 1. The molecule has 24 heavy (non-hydrogen) atoms. The van der Waals surface area contributed by atoms with Crippen LogP contribution in [0.2, 0.25) is 0 Å². The van der Waals surface area contributed by atoms with Crippen LogP contribution < -0.4 is 0 Å². The highest BCUT2D eigenvalue weighted by molar-refractivity contribution is 5.17. The van der Waals surface area contributed by atoms with Crippen LogP contribution in [-0.4, -0.2) is 41.8 Å². The summed E-state index contributed by atoms with van der Waals surface area (Å²) in [5.41, 5.74) is 1.28. The van der Waals surface area contributed by atoms with Crippen molar-refractivity contribution in [1.29, 1.82) is 0 Å². The Labute approximate surface area is 143 Å². The van der Waals surface area contributed by atoms with Crippen LogP contribution in [-0.2, 0) is 16.6 Å². The molecule has 0 spiro atoms. The SMILES string of the molecule is COC(Cc1ccccc1)c1noc(C23CCCN(CCC2)C3)n1. The lowest BCUT2D eigenvalue weighted by molar-refractivity contribution is 0.0710. The van der Waals surface area contributed by atoms with Gasteiger partial charge in [0.15, 0.2) is 0 Å². The number of hydrogen-bond acceptors (Lipinski definition) is 5. The zero-order valence-corrected chi connectivity index (χ0v) is 14.3. The van der Waals surface area contributed by atoms with E-state index < -0.39 is 0 Å². The molecule has 2 fully saturated rings. The first-order valence-corrected chi connectivity index (χ1v) is 8.92. The van der Waals surface area contributed by atoms with Crippen molar-refractivity contribution >= 4 is 0 Å². The van der Waals surface area contributed by atoms with Crippen molar-refractivity contribution in [3.05, 3.63) is 47.6 Å². The van der Waals surface area contributed by atoms with Gasteiger partial charge in [0, 0.05) is 20.1 Å². The van der Waals surface area contributed by atoms with Gasteiger partial charge in [0.25, 0.3) is 0 Å². The molecule has 128 valence electrons. The van der Waals surface area contributed by atoms with Gasteiger partial charge in [0.2, 0.25) is 11.7 Å². The topological polar surface area (TPSA) is 51.4 Å². The highest BCUT2D eigenvalue weighted by Gasteiger charge is 2.44. The van der Waals surface area contributed by atoms with Gasteiger partial charge in [0.1, 0.15) is 6.10 Å². The summed E-state index contributed by atoms with van der Waals surface area (Å²) in [6.07, 6.45) is 5.34. The minimum absolute atomic E-state index is 0.0623. The maximum atomic E-state index is 5.73. The van der Waals surface area contributed by atoms with Gasteiger partial charge in [-0.2, -0.15) is 4.98 Å². The van der Waals surface area contributed by atoms with Crippen LogP contribution in [0.15, 0.2) is 34.9 Å². The van der Waals surface area contributed by atoms with E-state index in [1.54, 1.807) is 7.11 Å². The molecule has 2 aliphatic rings. The van der Waals surface area contributed by atoms with E-state index in [9.17, 15) is 0 Å². The molecule has 4 rings (SSSR count). The quantitative estimate of drug-likeness (QED) is 0.844. The third-order valence-electron chi connectivity index (χ3n) is 5.52. The number of methoxy groups -OCH3 is 1. The number of hydrogen-bond donors (Lipinski definition) is 0. The third-order valence-corrected chi connectivity index (χ3v) is 5.52. The number of aromatic nitrogens is 2. The number of nitrogens with zero attached hydrogens (tertiary/aromatic N) is 3. The van der Waals surface area contributed by atoms with E-state index in [-0.39, 0.29) is 11.5 Å². The molecule has 2 saturated heterocycles. The Balaban J connectivity index is 1.55. The molecule has 1 aromatic heterocycles. The molecule has 3 heterocycles. The number of rotatable bonds is 5. The Hall–Kier alpha value is -1.72. The van der Waals surface area contributed by atoms with Gasteiger partial charge in [-0.15, -0.1) is 0 Å². The predicted octanol–water partition coefficient (Wildman–Crippen LogP) is 3.13. The average Bonchev–Trinajstić information content (AvgIpc) is 3.11. The van der Waals surface area contributed by atoms with Gasteiger partial charge < -0.3 is 14.2 Å². The van der Waals surface area contributed by atoms with Gasteiger partial charge in [-0.3, -0.25) is 0 Å². The standard InChI is InChI=1S/C19H25N3O2/c1-23-16(13-15-7-3-2-4-8-15)17-20-18(24-21-17)19-9-5-11-22(14-19)12-6-10-19/h2-4,7-8,16H,5-6,9-14H2,1H3. The van der Waals surface area contributed by atoms with Crippen LogP contribution in [0.1, 0.15) is 49.1 Å². The molecular weight excluding hydrogens is 302 g/mol. The van der Waals surface area contributed by atoms with Gasteiger partial charge in [-0.25, -0.2) is 0 Å². The lowest BCUT2D eigenvalue weighted by Crippen LogP contribution is -2.50. The summed E-state index contributed by atoms with van der Waals surface area (Å²) in [6, 6.07) is 10.3. The van der Waals surface area contributed by atoms with Crippen molar-refractivity contribution in [3.63, 3.8) is 0 Å². The lowest BCUT2D eigenvalue weighted by atomic mass is 9.73. The Bertz CT molecular complexity index is 660. The minimum Gasteiger partial charge on any atom is -0.373 e. The van der Waals surface area contributed by atoms with Crippen LogP contribution in [0.3, 0.4) is 0 Å². The van der Waals surface area contributed by atoms with E-state index in [0.29, 0.717) is 5.82 Å². The zero-order valence-electron chi connectivity index (χ0n) is 14.3. The van der Waals surface area contributed by atoms with Crippen molar-refractivity contribution in [2.75, 3.05) is 26.7 Å². The molecule has 2 bridgehead atoms. The predicted molar refractivity (Wildman–Crippen MR) is 90.8 cm³/mol. The maximum absolute atomic E-state index is 5.73. The maximum Gasteiger partial charge on any atom is 0.234 e. The van der Waals surface area contributed by atoms with Crippen molar-refractivity contribution in [2.45, 2.75) is 43.6 Å². The van der Waals surface area contributed by atoms with Gasteiger partial charge in [0.05, 0.1) is 5.41 Å². The Morgan fingerprint density at radius 1 is 1.21 bits per heavy atom. The van der Waals surface area contributed by atoms with Crippen LogP contribution in [0.4, 0.5) is 0 Å². The smallest absolute Gasteiger partial charge is 0.234 e. The van der Waals surface area contributed by atoms with Crippen molar-refractivity contribution in [2.24, 2.45) is 0 Å². The van der Waals surface area contributed by atoms with Gasteiger partial charge in [-0.05, 0) is 44.3 Å². The van der Waals surface area contributed by atoms with E-state index in [1.807, 2.05) is 18.2 Å². The first-order chi connectivity index (χ1) is 11.8.